The lowest BCUT2D eigenvalue weighted by atomic mass is 10.1. The van der Waals surface area contributed by atoms with Gasteiger partial charge >= 0.3 is 6.03 Å². The number of nitrogens with one attached hydrogen (secondary N) is 2. The van der Waals surface area contributed by atoms with Gasteiger partial charge in [0.2, 0.25) is 5.91 Å². The van der Waals surface area contributed by atoms with Crippen LogP contribution in [0.25, 0.3) is 6.08 Å². The van der Waals surface area contributed by atoms with E-state index in [1.165, 1.54) is 0 Å². The van der Waals surface area contributed by atoms with E-state index in [2.05, 4.69) is 10.6 Å². The molecule has 1 aliphatic rings. The molecule has 1 saturated heterocycles. The smallest absolute Gasteiger partial charge is 0.318 e. The van der Waals surface area contributed by atoms with Crippen molar-refractivity contribution in [2.45, 2.75) is 25.3 Å². The van der Waals surface area contributed by atoms with Gasteiger partial charge in [0.1, 0.15) is 6.04 Å². The zero-order valence-electron chi connectivity index (χ0n) is 13.8. The minimum Gasteiger partial charge on any atom is -0.396 e. The van der Waals surface area contributed by atoms with Gasteiger partial charge in [0.25, 0.3) is 0 Å². The second-order valence-electron chi connectivity index (χ2n) is 5.77. The van der Waals surface area contributed by atoms with Gasteiger partial charge < -0.3 is 20.6 Å². The average Bonchev–Trinajstić information content (AvgIpc) is 2.60. The van der Waals surface area contributed by atoms with E-state index in [1.807, 2.05) is 42.5 Å². The highest BCUT2D eigenvalue weighted by Gasteiger charge is 2.25. The Kier molecular flexibility index (Phi) is 7.29. The third-order valence-corrected chi connectivity index (χ3v) is 3.89. The fraction of sp³-hybridized carbons (Fsp3) is 0.444. The number of aliphatic hydroxyl groups is 1. The van der Waals surface area contributed by atoms with E-state index < -0.39 is 6.04 Å². The van der Waals surface area contributed by atoms with Gasteiger partial charge in [0, 0.05) is 26.2 Å². The number of piperidine rings is 1. The zero-order chi connectivity index (χ0) is 17.2. The van der Waals surface area contributed by atoms with Crippen LogP contribution in [0.4, 0.5) is 4.79 Å². The van der Waals surface area contributed by atoms with Crippen molar-refractivity contribution >= 4 is 18.0 Å². The van der Waals surface area contributed by atoms with Crippen molar-refractivity contribution in [3.8, 4) is 0 Å². The Labute approximate surface area is 142 Å². The summed E-state index contributed by atoms with van der Waals surface area (Å²) in [6.07, 6.45) is 5.88. The van der Waals surface area contributed by atoms with E-state index in [-0.39, 0.29) is 18.5 Å². The fourth-order valence-corrected chi connectivity index (χ4v) is 2.57. The maximum Gasteiger partial charge on any atom is 0.318 e. The molecular formula is C18H25N3O3. The monoisotopic (exact) mass is 331 g/mol. The number of hydrogen-bond donors (Lipinski definition) is 3. The number of rotatable bonds is 7. The zero-order valence-corrected chi connectivity index (χ0v) is 13.8. The predicted octanol–water partition coefficient (Wildman–Crippen LogP) is 1.37. The Morgan fingerprint density at radius 1 is 1.38 bits per heavy atom. The van der Waals surface area contributed by atoms with Gasteiger partial charge in [-0.3, -0.25) is 4.79 Å². The van der Waals surface area contributed by atoms with Crippen LogP contribution >= 0.6 is 0 Å². The molecule has 0 aromatic heterocycles. The van der Waals surface area contributed by atoms with E-state index in [1.54, 1.807) is 4.90 Å². The van der Waals surface area contributed by atoms with E-state index in [4.69, 9.17) is 5.11 Å². The molecule has 1 atom stereocenters. The van der Waals surface area contributed by atoms with Crippen molar-refractivity contribution in [2.75, 3.05) is 26.2 Å². The molecule has 1 heterocycles. The van der Waals surface area contributed by atoms with Gasteiger partial charge in [-0.2, -0.15) is 0 Å². The number of nitrogens with zero attached hydrogens (tertiary/aromatic N) is 1. The summed E-state index contributed by atoms with van der Waals surface area (Å²) in [5.74, 6) is -0.128. The van der Waals surface area contributed by atoms with E-state index in [0.717, 1.165) is 12.0 Å². The summed E-state index contributed by atoms with van der Waals surface area (Å²) in [4.78, 5) is 25.8. The summed E-state index contributed by atoms with van der Waals surface area (Å²) in [7, 11) is 0. The van der Waals surface area contributed by atoms with Crippen LogP contribution in [0, 0.1) is 0 Å². The molecule has 1 aliphatic heterocycles. The standard InChI is InChI=1S/C18H25N3O3/c22-14-6-13-21(12-5-9-15-7-2-1-3-8-15)18(24)20-16-10-4-11-19-17(16)23/h1-3,5,7-9,16,22H,4,6,10-14H2,(H,19,23)(H,20,24)/b9-5+/t16-/m0/s1. The van der Waals surface area contributed by atoms with E-state index >= 15 is 0 Å². The quantitative estimate of drug-likeness (QED) is 0.706. The number of benzene rings is 1. The van der Waals surface area contributed by atoms with Crippen molar-refractivity contribution in [3.05, 3.63) is 42.0 Å². The lowest BCUT2D eigenvalue weighted by Crippen LogP contribution is -2.53. The molecule has 0 aliphatic carbocycles. The van der Waals surface area contributed by atoms with Crippen molar-refractivity contribution in [3.63, 3.8) is 0 Å². The average molecular weight is 331 g/mol. The van der Waals surface area contributed by atoms with E-state index in [9.17, 15) is 9.59 Å². The number of carbonyl (C=O) groups excluding carboxylic acids is 2. The second-order valence-corrected chi connectivity index (χ2v) is 5.77. The van der Waals surface area contributed by atoms with Crippen LogP contribution in [0.2, 0.25) is 0 Å². The summed E-state index contributed by atoms with van der Waals surface area (Å²) in [6, 6.07) is 9.09. The van der Waals surface area contributed by atoms with Crippen LogP contribution in [0.1, 0.15) is 24.8 Å². The molecule has 3 N–H and O–H groups in total. The summed E-state index contributed by atoms with van der Waals surface area (Å²) in [5.41, 5.74) is 1.06. The van der Waals surface area contributed by atoms with Crippen LogP contribution in [-0.2, 0) is 4.79 Å². The first kappa shape index (κ1) is 18.0. The molecule has 130 valence electrons. The first-order chi connectivity index (χ1) is 11.7. The van der Waals surface area contributed by atoms with Gasteiger partial charge in [-0.25, -0.2) is 4.79 Å². The highest BCUT2D eigenvalue weighted by Crippen LogP contribution is 2.05. The first-order valence-electron chi connectivity index (χ1n) is 8.36. The molecule has 6 nitrogen and oxygen atoms in total. The molecule has 0 radical (unpaired) electrons. The van der Waals surface area contributed by atoms with Crippen molar-refractivity contribution in [1.82, 2.24) is 15.5 Å². The van der Waals surface area contributed by atoms with Gasteiger partial charge in [0.05, 0.1) is 0 Å². The molecule has 3 amide bonds. The molecule has 24 heavy (non-hydrogen) atoms. The minimum absolute atomic E-state index is 0.0239. The normalized spacial score (nSPS) is 17.5. The van der Waals surface area contributed by atoms with Crippen LogP contribution in [0.5, 0.6) is 0 Å². The lowest BCUT2D eigenvalue weighted by molar-refractivity contribution is -0.124. The highest BCUT2D eigenvalue weighted by molar-refractivity contribution is 5.87. The minimum atomic E-state index is -0.471. The Morgan fingerprint density at radius 3 is 2.88 bits per heavy atom. The summed E-state index contributed by atoms with van der Waals surface area (Å²) >= 11 is 0. The maximum atomic E-state index is 12.4. The Hall–Kier alpha value is -2.34. The number of carbonyl (C=O) groups is 2. The lowest BCUT2D eigenvalue weighted by Gasteiger charge is -2.27. The van der Waals surface area contributed by atoms with Gasteiger partial charge in [-0.15, -0.1) is 0 Å². The third-order valence-electron chi connectivity index (χ3n) is 3.89. The molecule has 0 unspecified atom stereocenters. The Morgan fingerprint density at radius 2 is 2.17 bits per heavy atom. The number of amides is 3. The molecule has 1 fully saturated rings. The largest absolute Gasteiger partial charge is 0.396 e. The van der Waals surface area contributed by atoms with Crippen LogP contribution in [-0.4, -0.2) is 54.2 Å². The second kappa shape index (κ2) is 9.72. The van der Waals surface area contributed by atoms with Crippen molar-refractivity contribution in [1.29, 1.82) is 0 Å². The van der Waals surface area contributed by atoms with Crippen molar-refractivity contribution < 1.29 is 14.7 Å². The highest BCUT2D eigenvalue weighted by atomic mass is 16.3. The third kappa shape index (κ3) is 5.70. The molecule has 0 spiro atoms. The van der Waals surface area contributed by atoms with Crippen LogP contribution < -0.4 is 10.6 Å². The number of hydrogen-bond acceptors (Lipinski definition) is 3. The molecule has 0 bridgehead atoms. The van der Waals surface area contributed by atoms with Crippen molar-refractivity contribution in [2.24, 2.45) is 0 Å². The molecule has 0 saturated carbocycles. The van der Waals surface area contributed by atoms with Crippen LogP contribution in [0.3, 0.4) is 0 Å². The molecule has 1 aromatic carbocycles. The first-order valence-corrected chi connectivity index (χ1v) is 8.36. The number of urea groups is 1. The summed E-state index contributed by atoms with van der Waals surface area (Å²) in [6.45, 7) is 1.56. The molecule has 6 heteroatoms. The molecular weight excluding hydrogens is 306 g/mol. The van der Waals surface area contributed by atoms with Gasteiger partial charge in [-0.05, 0) is 24.8 Å². The summed E-state index contributed by atoms with van der Waals surface area (Å²) in [5, 5.41) is 14.6. The Balaban J connectivity index is 1.92. The van der Waals surface area contributed by atoms with Gasteiger partial charge in [-0.1, -0.05) is 42.5 Å². The van der Waals surface area contributed by atoms with E-state index in [0.29, 0.717) is 32.5 Å². The molecule has 2 rings (SSSR count). The fourth-order valence-electron chi connectivity index (χ4n) is 2.57. The number of aliphatic hydroxyl groups excluding tert-OH is 1. The summed E-state index contributed by atoms with van der Waals surface area (Å²) < 4.78 is 0. The Bertz CT molecular complexity index is 560. The predicted molar refractivity (Wildman–Crippen MR) is 93.3 cm³/mol. The molecule has 1 aromatic rings. The van der Waals surface area contributed by atoms with Gasteiger partial charge in [0.15, 0.2) is 0 Å². The van der Waals surface area contributed by atoms with Crippen LogP contribution in [0.15, 0.2) is 36.4 Å². The SMILES string of the molecule is O=C1NCCC[C@@H]1NC(=O)N(C/C=C/c1ccccc1)CCCO. The topological polar surface area (TPSA) is 81.7 Å². The maximum absolute atomic E-state index is 12.4.